The number of carbonyl (C=O) groups is 1. The predicted molar refractivity (Wildman–Crippen MR) is 93.3 cm³/mol. The second-order valence-electron chi connectivity index (χ2n) is 7.28. The van der Waals surface area contributed by atoms with Gasteiger partial charge in [-0.3, -0.25) is 4.79 Å². The molecule has 1 amide bonds. The maximum Gasteiger partial charge on any atom is 0.248 e. The van der Waals surface area contributed by atoms with Crippen LogP contribution < -0.4 is 5.32 Å². The van der Waals surface area contributed by atoms with Gasteiger partial charge in [-0.05, 0) is 20.3 Å². The summed E-state index contributed by atoms with van der Waals surface area (Å²) in [6, 6.07) is 2.08. The lowest BCUT2D eigenvalue weighted by molar-refractivity contribution is -0.118. The molecule has 0 aliphatic carbocycles. The van der Waals surface area contributed by atoms with Gasteiger partial charge in [0.1, 0.15) is 10.9 Å². The Hall–Kier alpha value is -1.50. The van der Waals surface area contributed by atoms with E-state index in [1.807, 2.05) is 20.8 Å². The number of rotatable bonds is 4. The van der Waals surface area contributed by atoms with Gasteiger partial charge in [-0.25, -0.2) is 17.7 Å². The first-order chi connectivity index (χ1) is 10.9. The summed E-state index contributed by atoms with van der Waals surface area (Å²) in [4.78, 5) is 17.3. The Kier molecular flexibility index (Phi) is 4.78. The van der Waals surface area contributed by atoms with Crippen LogP contribution in [0, 0.1) is 11.3 Å². The highest BCUT2D eigenvalue weighted by Crippen LogP contribution is 2.33. The van der Waals surface area contributed by atoms with Crippen molar-refractivity contribution in [2.45, 2.75) is 51.2 Å². The van der Waals surface area contributed by atoms with Crippen molar-refractivity contribution in [3.8, 4) is 6.07 Å². The molecule has 24 heavy (non-hydrogen) atoms. The van der Waals surface area contributed by atoms with Crippen LogP contribution in [0.4, 0.5) is 5.13 Å². The minimum absolute atomic E-state index is 0.244. The zero-order valence-corrected chi connectivity index (χ0v) is 16.1. The van der Waals surface area contributed by atoms with Crippen LogP contribution in [-0.4, -0.2) is 41.5 Å². The van der Waals surface area contributed by atoms with E-state index in [1.54, 1.807) is 0 Å². The molecule has 1 aromatic heterocycles. The number of hydrogen-bond acceptors (Lipinski definition) is 6. The molecule has 0 bridgehead atoms. The van der Waals surface area contributed by atoms with E-state index in [2.05, 4.69) is 16.4 Å². The van der Waals surface area contributed by atoms with Gasteiger partial charge in [0.05, 0.1) is 5.69 Å². The van der Waals surface area contributed by atoms with E-state index < -0.39 is 20.7 Å². The molecule has 0 unspecified atom stereocenters. The summed E-state index contributed by atoms with van der Waals surface area (Å²) in [6.07, 6.45) is 0.809. The molecule has 0 spiro atoms. The zero-order chi connectivity index (χ0) is 18.3. The molecular weight excluding hydrogens is 348 g/mol. The van der Waals surface area contributed by atoms with Crippen molar-refractivity contribution >= 4 is 32.4 Å². The number of thiazole rings is 1. The molecular formula is C15H22N4O3S2. The number of anilines is 1. The van der Waals surface area contributed by atoms with Gasteiger partial charge in [0.2, 0.25) is 15.9 Å². The average Bonchev–Trinajstić information content (AvgIpc) is 2.78. The van der Waals surface area contributed by atoms with E-state index in [9.17, 15) is 18.5 Å². The number of carbonyl (C=O) groups excluding carboxylic acids is 1. The number of hydrogen-bond donors (Lipinski definition) is 1. The number of nitrogens with one attached hydrogen (secondary N) is 1. The fourth-order valence-corrected chi connectivity index (χ4v) is 4.81. The summed E-state index contributed by atoms with van der Waals surface area (Å²) in [6.45, 7) is 9.44. The largest absolute Gasteiger partial charge is 0.301 e. The third-order valence-electron chi connectivity index (χ3n) is 4.01. The second-order valence-corrected chi connectivity index (χ2v) is 10.8. The van der Waals surface area contributed by atoms with E-state index in [1.165, 1.54) is 18.2 Å². The maximum atomic E-state index is 12.6. The van der Waals surface area contributed by atoms with Gasteiger partial charge in [0, 0.05) is 18.5 Å². The normalized spacial score (nSPS) is 16.3. The maximum absolute atomic E-state index is 12.6. The van der Waals surface area contributed by atoms with Crippen LogP contribution in [0.25, 0.3) is 0 Å². The van der Waals surface area contributed by atoms with Crippen molar-refractivity contribution in [2.24, 2.45) is 0 Å². The van der Waals surface area contributed by atoms with Gasteiger partial charge in [-0.1, -0.05) is 32.1 Å². The summed E-state index contributed by atoms with van der Waals surface area (Å²) < 4.78 is 24.8. The molecule has 1 aliphatic rings. The van der Waals surface area contributed by atoms with Crippen LogP contribution in [0.3, 0.4) is 0 Å². The smallest absolute Gasteiger partial charge is 0.248 e. The number of aromatic nitrogens is 1. The topological polar surface area (TPSA) is 103 Å². The predicted octanol–water partition coefficient (Wildman–Crippen LogP) is 2.06. The monoisotopic (exact) mass is 370 g/mol. The molecule has 2 heterocycles. The van der Waals surface area contributed by atoms with Crippen LogP contribution in [0.15, 0.2) is 0 Å². The van der Waals surface area contributed by atoms with Gasteiger partial charge in [-0.15, -0.1) is 0 Å². The third-order valence-corrected chi connectivity index (χ3v) is 7.40. The Morgan fingerprint density at radius 2 is 1.88 bits per heavy atom. The Bertz CT molecular complexity index is 794. The Morgan fingerprint density at radius 1 is 1.29 bits per heavy atom. The Labute approximate surface area is 146 Å². The van der Waals surface area contributed by atoms with Crippen LogP contribution in [0.5, 0.6) is 0 Å². The van der Waals surface area contributed by atoms with Crippen molar-refractivity contribution in [2.75, 3.05) is 18.4 Å². The minimum Gasteiger partial charge on any atom is -0.301 e. The van der Waals surface area contributed by atoms with Crippen molar-refractivity contribution < 1.29 is 13.2 Å². The Morgan fingerprint density at radius 3 is 2.25 bits per heavy atom. The first-order valence-electron chi connectivity index (χ1n) is 7.64. The Balaban J connectivity index is 2.27. The van der Waals surface area contributed by atoms with Gasteiger partial charge < -0.3 is 5.32 Å². The molecule has 1 aliphatic heterocycles. The van der Waals surface area contributed by atoms with Crippen molar-refractivity contribution in [3.05, 3.63) is 10.6 Å². The summed E-state index contributed by atoms with van der Waals surface area (Å²) in [5.74, 6) is -0.645. The summed E-state index contributed by atoms with van der Waals surface area (Å²) in [5, 5.41) is 12.0. The summed E-state index contributed by atoms with van der Waals surface area (Å²) >= 11 is 1.06. The van der Waals surface area contributed by atoms with Crippen LogP contribution in [0.1, 0.15) is 51.6 Å². The molecule has 1 fully saturated rings. The number of nitriles is 1. The lowest BCUT2D eigenvalue weighted by Gasteiger charge is -2.36. The quantitative estimate of drug-likeness (QED) is 0.874. The lowest BCUT2D eigenvalue weighted by atomic mass is 9.91. The van der Waals surface area contributed by atoms with Crippen LogP contribution in [-0.2, 0) is 20.2 Å². The number of sulfonamides is 1. The number of amides is 1. The first-order valence-corrected chi connectivity index (χ1v) is 9.89. The molecule has 1 N–H and O–H groups in total. The first kappa shape index (κ1) is 18.8. The van der Waals surface area contributed by atoms with Gasteiger partial charge >= 0.3 is 0 Å². The lowest BCUT2D eigenvalue weighted by Crippen LogP contribution is -2.55. The molecule has 0 aromatic carbocycles. The standard InChI is InChI=1S/C15H22N4O3S2/c1-14(2,3)11-10(9-16)23-13(17-11)18-12(20)15(4,5)24(21,22)19-7-6-8-19/h6-8H2,1-5H3,(H,17,18,20). The molecule has 0 atom stereocenters. The van der Waals surface area contributed by atoms with E-state index in [0.717, 1.165) is 17.8 Å². The van der Waals surface area contributed by atoms with Gasteiger partial charge in [0.15, 0.2) is 9.88 Å². The molecule has 132 valence electrons. The second kappa shape index (κ2) is 6.10. The molecule has 7 nitrogen and oxygen atoms in total. The molecule has 0 radical (unpaired) electrons. The van der Waals surface area contributed by atoms with Crippen molar-refractivity contribution in [1.29, 1.82) is 5.26 Å². The molecule has 1 aromatic rings. The van der Waals surface area contributed by atoms with Crippen molar-refractivity contribution in [3.63, 3.8) is 0 Å². The number of nitrogens with zero attached hydrogens (tertiary/aromatic N) is 3. The average molecular weight is 371 g/mol. The highest BCUT2D eigenvalue weighted by molar-refractivity contribution is 7.91. The van der Waals surface area contributed by atoms with E-state index in [-0.39, 0.29) is 10.5 Å². The molecule has 2 rings (SSSR count). The van der Waals surface area contributed by atoms with Crippen LogP contribution >= 0.6 is 11.3 Å². The fraction of sp³-hybridized carbons (Fsp3) is 0.667. The zero-order valence-electron chi connectivity index (χ0n) is 14.5. The SMILES string of the molecule is CC(C)(C)c1nc(NC(=O)C(C)(C)S(=O)(=O)N2CCC2)sc1C#N. The summed E-state index contributed by atoms with van der Waals surface area (Å²) in [5.41, 5.74) is 0.248. The molecule has 9 heteroatoms. The highest BCUT2D eigenvalue weighted by atomic mass is 32.2. The van der Waals surface area contributed by atoms with E-state index in [4.69, 9.17) is 0 Å². The highest BCUT2D eigenvalue weighted by Gasteiger charge is 2.47. The molecule has 1 saturated heterocycles. The summed E-state index contributed by atoms with van der Waals surface area (Å²) in [7, 11) is -3.73. The van der Waals surface area contributed by atoms with E-state index in [0.29, 0.717) is 23.7 Å². The fourth-order valence-electron chi connectivity index (χ4n) is 2.17. The molecule has 0 saturated carbocycles. The van der Waals surface area contributed by atoms with Gasteiger partial charge in [0.25, 0.3) is 0 Å². The van der Waals surface area contributed by atoms with E-state index >= 15 is 0 Å². The van der Waals surface area contributed by atoms with Crippen molar-refractivity contribution in [1.82, 2.24) is 9.29 Å². The minimum atomic E-state index is -3.73. The van der Waals surface area contributed by atoms with Gasteiger partial charge in [-0.2, -0.15) is 5.26 Å². The van der Waals surface area contributed by atoms with Crippen LogP contribution in [0.2, 0.25) is 0 Å². The third kappa shape index (κ3) is 3.18.